The van der Waals surface area contributed by atoms with Gasteiger partial charge in [0.2, 0.25) is 6.10 Å². The Labute approximate surface area is 142 Å². The van der Waals surface area contributed by atoms with E-state index in [-0.39, 0.29) is 24.7 Å². The molecule has 1 unspecified atom stereocenters. The number of piperidine rings is 1. The Kier molecular flexibility index (Phi) is 4.92. The van der Waals surface area contributed by atoms with Gasteiger partial charge in [-0.15, -0.1) is 0 Å². The molecule has 0 aliphatic carbocycles. The molecule has 10 heteroatoms. The van der Waals surface area contributed by atoms with Crippen molar-refractivity contribution in [1.29, 1.82) is 0 Å². The molecule has 2 fully saturated rings. The zero-order valence-electron chi connectivity index (χ0n) is 13.5. The van der Waals surface area contributed by atoms with Crippen LogP contribution < -0.4 is 0 Å². The zero-order chi connectivity index (χ0) is 18.1. The lowest BCUT2D eigenvalue weighted by molar-refractivity contribution is -0.215. The summed E-state index contributed by atoms with van der Waals surface area (Å²) < 4.78 is 49.9. The maximum Gasteiger partial charge on any atom is 0.427 e. The monoisotopic (exact) mass is 363 g/mol. The highest BCUT2D eigenvalue weighted by Gasteiger charge is 2.46. The number of likely N-dealkylation sites (tertiary alicyclic amines) is 1. The van der Waals surface area contributed by atoms with Crippen molar-refractivity contribution < 1.29 is 32.5 Å². The van der Waals surface area contributed by atoms with Crippen LogP contribution in [0.25, 0.3) is 0 Å². The summed E-state index contributed by atoms with van der Waals surface area (Å²) in [4.78, 5) is 13.1. The number of hydrogen-bond acceptors (Lipinski definition) is 5. The number of aromatic nitrogens is 2. The van der Waals surface area contributed by atoms with Crippen molar-refractivity contribution in [2.75, 3.05) is 26.3 Å². The number of aliphatic hydroxyl groups is 1. The lowest BCUT2D eigenvalue weighted by Crippen LogP contribution is -2.49. The summed E-state index contributed by atoms with van der Waals surface area (Å²) in [6.45, 7) is -0.268. The van der Waals surface area contributed by atoms with Gasteiger partial charge in [-0.3, -0.25) is 4.68 Å². The molecule has 2 aliphatic heterocycles. The van der Waals surface area contributed by atoms with Crippen LogP contribution >= 0.6 is 0 Å². The number of aliphatic hydroxyl groups excluding tert-OH is 1. The third-order valence-corrected chi connectivity index (χ3v) is 4.80. The quantitative estimate of drug-likeness (QED) is 0.885. The number of hydrogen-bond donors (Lipinski definition) is 1. The molecule has 0 radical (unpaired) electrons. The highest BCUT2D eigenvalue weighted by molar-refractivity contribution is 5.68. The Hall–Kier alpha value is -1.81. The van der Waals surface area contributed by atoms with Gasteiger partial charge in [0.25, 0.3) is 0 Å². The Balaban J connectivity index is 1.53. The molecule has 2 saturated heterocycles. The number of nitrogens with zero attached hydrogens (tertiary/aromatic N) is 3. The van der Waals surface area contributed by atoms with Crippen LogP contribution in [0.3, 0.4) is 0 Å². The van der Waals surface area contributed by atoms with Crippen LogP contribution in [0.2, 0.25) is 0 Å². The van der Waals surface area contributed by atoms with Crippen LogP contribution in [-0.4, -0.2) is 70.1 Å². The number of rotatable bonds is 3. The first-order valence-corrected chi connectivity index (χ1v) is 8.09. The van der Waals surface area contributed by atoms with E-state index in [1.54, 1.807) is 6.20 Å². The van der Waals surface area contributed by atoms with E-state index in [9.17, 15) is 18.0 Å². The molecule has 3 rings (SSSR count). The fourth-order valence-corrected chi connectivity index (χ4v) is 3.34. The van der Waals surface area contributed by atoms with Crippen LogP contribution in [0.4, 0.5) is 18.0 Å². The fraction of sp³-hybridized carbons (Fsp3) is 0.733. The molecule has 0 saturated carbocycles. The summed E-state index contributed by atoms with van der Waals surface area (Å²) in [6.07, 6.45) is -2.98. The summed E-state index contributed by atoms with van der Waals surface area (Å²) in [7, 11) is 0. The van der Waals surface area contributed by atoms with Gasteiger partial charge in [0, 0.05) is 31.9 Å². The van der Waals surface area contributed by atoms with Gasteiger partial charge in [0.05, 0.1) is 24.9 Å². The van der Waals surface area contributed by atoms with Gasteiger partial charge in [0.15, 0.2) is 0 Å². The SMILES string of the molecule is O=C(O[C@H](CO)C(F)(F)F)N1CCC2(CC1)CC(n1cccn1)CO2. The first-order valence-electron chi connectivity index (χ1n) is 8.09. The van der Waals surface area contributed by atoms with E-state index < -0.39 is 25.0 Å². The smallest absolute Gasteiger partial charge is 0.427 e. The number of halogens is 3. The van der Waals surface area contributed by atoms with Crippen LogP contribution in [0, 0.1) is 0 Å². The Morgan fingerprint density at radius 2 is 2.16 bits per heavy atom. The van der Waals surface area contributed by atoms with Crippen LogP contribution in [-0.2, 0) is 9.47 Å². The molecule has 0 aromatic carbocycles. The van der Waals surface area contributed by atoms with Gasteiger partial charge in [-0.25, -0.2) is 4.79 Å². The molecule has 1 amide bonds. The van der Waals surface area contributed by atoms with E-state index in [0.29, 0.717) is 19.4 Å². The van der Waals surface area contributed by atoms with Gasteiger partial charge in [-0.2, -0.15) is 18.3 Å². The van der Waals surface area contributed by atoms with Gasteiger partial charge >= 0.3 is 12.3 Å². The first-order chi connectivity index (χ1) is 11.8. The van der Waals surface area contributed by atoms with Crippen molar-refractivity contribution in [3.63, 3.8) is 0 Å². The molecule has 0 bridgehead atoms. The molecule has 1 aromatic heterocycles. The topological polar surface area (TPSA) is 76.8 Å². The molecule has 7 nitrogen and oxygen atoms in total. The molecule has 1 N–H and O–H groups in total. The number of ether oxygens (including phenoxy) is 2. The second kappa shape index (κ2) is 6.83. The maximum atomic E-state index is 12.6. The van der Waals surface area contributed by atoms with Crippen molar-refractivity contribution in [1.82, 2.24) is 14.7 Å². The highest BCUT2D eigenvalue weighted by atomic mass is 19.4. The molecular weight excluding hydrogens is 343 g/mol. The normalized spacial score (nSPS) is 24.5. The molecule has 2 aliphatic rings. The van der Waals surface area contributed by atoms with E-state index in [4.69, 9.17) is 9.84 Å². The molecule has 140 valence electrons. The third kappa shape index (κ3) is 3.90. The summed E-state index contributed by atoms with van der Waals surface area (Å²) in [5.41, 5.74) is -0.381. The standard InChI is InChI=1S/C15H20F3N3O4/c16-15(17,18)12(9-22)25-13(23)20-6-2-14(3-7-20)8-11(10-24-14)21-5-1-4-19-21/h1,4-5,11-12,22H,2-3,6-10H2/t11?,12-/m1/s1. The minimum Gasteiger partial charge on any atom is -0.434 e. The van der Waals surface area contributed by atoms with Gasteiger partial charge < -0.3 is 19.5 Å². The minimum absolute atomic E-state index is 0.123. The fourth-order valence-electron chi connectivity index (χ4n) is 3.34. The van der Waals surface area contributed by atoms with Crippen LogP contribution in [0.5, 0.6) is 0 Å². The van der Waals surface area contributed by atoms with Crippen LogP contribution in [0.1, 0.15) is 25.3 Å². The third-order valence-electron chi connectivity index (χ3n) is 4.80. The summed E-state index contributed by atoms with van der Waals surface area (Å²) in [5, 5.41) is 13.0. The Morgan fingerprint density at radius 1 is 1.44 bits per heavy atom. The second-order valence-electron chi connectivity index (χ2n) is 6.42. The lowest BCUT2D eigenvalue weighted by Gasteiger charge is -2.38. The van der Waals surface area contributed by atoms with Gasteiger partial charge in [-0.05, 0) is 18.9 Å². The predicted molar refractivity (Wildman–Crippen MR) is 78.8 cm³/mol. The average molecular weight is 363 g/mol. The first kappa shape index (κ1) is 18.0. The zero-order valence-corrected chi connectivity index (χ0v) is 13.5. The largest absolute Gasteiger partial charge is 0.434 e. The Morgan fingerprint density at radius 3 is 2.72 bits per heavy atom. The van der Waals surface area contributed by atoms with Crippen molar-refractivity contribution in [2.24, 2.45) is 0 Å². The van der Waals surface area contributed by atoms with Crippen molar-refractivity contribution in [3.05, 3.63) is 18.5 Å². The molecule has 2 atom stereocenters. The van der Waals surface area contributed by atoms with Gasteiger partial charge in [-0.1, -0.05) is 0 Å². The number of carbonyl (C=O) groups excluding carboxylic acids is 1. The highest BCUT2D eigenvalue weighted by Crippen LogP contribution is 2.40. The summed E-state index contributed by atoms with van der Waals surface area (Å²) >= 11 is 0. The number of amides is 1. The summed E-state index contributed by atoms with van der Waals surface area (Å²) in [5.74, 6) is 0. The molecule has 25 heavy (non-hydrogen) atoms. The molecule has 1 aromatic rings. The Bertz CT molecular complexity index is 585. The average Bonchev–Trinajstić information content (AvgIpc) is 3.22. The van der Waals surface area contributed by atoms with E-state index in [0.717, 1.165) is 6.42 Å². The van der Waals surface area contributed by atoms with E-state index in [2.05, 4.69) is 9.84 Å². The van der Waals surface area contributed by atoms with Crippen molar-refractivity contribution in [2.45, 2.75) is 43.2 Å². The summed E-state index contributed by atoms with van der Waals surface area (Å²) in [6, 6.07) is 1.96. The molecule has 3 heterocycles. The van der Waals surface area contributed by atoms with E-state index >= 15 is 0 Å². The van der Waals surface area contributed by atoms with Gasteiger partial charge in [0.1, 0.15) is 0 Å². The minimum atomic E-state index is -4.78. The second-order valence-corrected chi connectivity index (χ2v) is 6.42. The lowest BCUT2D eigenvalue weighted by atomic mass is 9.87. The van der Waals surface area contributed by atoms with E-state index in [1.807, 2.05) is 16.9 Å². The van der Waals surface area contributed by atoms with E-state index in [1.165, 1.54) is 4.90 Å². The molecular formula is C15H20F3N3O4. The predicted octanol–water partition coefficient (Wildman–Crippen LogP) is 1.74. The van der Waals surface area contributed by atoms with Crippen molar-refractivity contribution in [3.8, 4) is 0 Å². The maximum absolute atomic E-state index is 12.6. The van der Waals surface area contributed by atoms with Crippen molar-refractivity contribution >= 4 is 6.09 Å². The van der Waals surface area contributed by atoms with Crippen LogP contribution in [0.15, 0.2) is 18.5 Å². The number of alkyl halides is 3. The number of carbonyl (C=O) groups is 1. The molecule has 1 spiro atoms.